The van der Waals surface area contributed by atoms with Crippen LogP contribution in [0.5, 0.6) is 0 Å². The lowest BCUT2D eigenvalue weighted by Gasteiger charge is -2.25. The third kappa shape index (κ3) is 3.55. The predicted octanol–water partition coefficient (Wildman–Crippen LogP) is 0.964. The van der Waals surface area contributed by atoms with Crippen LogP contribution in [0.1, 0.15) is 19.4 Å². The summed E-state index contributed by atoms with van der Waals surface area (Å²) in [5, 5.41) is 0. The minimum Gasteiger partial charge on any atom is -0.398 e. The van der Waals surface area contributed by atoms with E-state index in [0.717, 1.165) is 11.3 Å². The van der Waals surface area contributed by atoms with Crippen LogP contribution >= 0.6 is 0 Å². The van der Waals surface area contributed by atoms with E-state index in [4.69, 9.17) is 11.5 Å². The van der Waals surface area contributed by atoms with Crippen LogP contribution in [-0.4, -0.2) is 23.4 Å². The molecule has 4 heteroatoms. The second-order valence-corrected chi connectivity index (χ2v) is 4.16. The van der Waals surface area contributed by atoms with E-state index >= 15 is 0 Å². The van der Waals surface area contributed by atoms with E-state index in [2.05, 4.69) is 0 Å². The molecule has 16 heavy (non-hydrogen) atoms. The first-order chi connectivity index (χ1) is 7.50. The molecule has 1 aromatic rings. The van der Waals surface area contributed by atoms with Gasteiger partial charge in [0.15, 0.2) is 0 Å². The van der Waals surface area contributed by atoms with Gasteiger partial charge in [-0.2, -0.15) is 0 Å². The Balaban J connectivity index is 2.76. The summed E-state index contributed by atoms with van der Waals surface area (Å²) in [6, 6.07) is 7.91. The Morgan fingerprint density at radius 3 is 2.50 bits per heavy atom. The smallest absolute Gasteiger partial charge is 0.231 e. The second kappa shape index (κ2) is 5.51. The van der Waals surface area contributed by atoms with Gasteiger partial charge in [-0.05, 0) is 25.5 Å². The number of para-hydroxylation sites is 1. The van der Waals surface area contributed by atoms with Gasteiger partial charge in [0, 0.05) is 18.3 Å². The second-order valence-electron chi connectivity index (χ2n) is 4.16. The van der Waals surface area contributed by atoms with E-state index in [0.29, 0.717) is 6.54 Å². The topological polar surface area (TPSA) is 72.3 Å². The minimum absolute atomic E-state index is 0.256. The molecule has 0 spiro atoms. The molecule has 88 valence electrons. The van der Waals surface area contributed by atoms with Crippen LogP contribution < -0.4 is 11.5 Å². The number of carbonyl (C=O) groups excluding carboxylic acids is 1. The van der Waals surface area contributed by atoms with Crippen molar-refractivity contribution in [2.45, 2.75) is 26.4 Å². The SMILES string of the molecule is CC(C)N(CC(N)=O)Cc1ccccc1N. The molecule has 0 saturated carbocycles. The van der Waals surface area contributed by atoms with Crippen molar-refractivity contribution in [2.75, 3.05) is 12.3 Å². The summed E-state index contributed by atoms with van der Waals surface area (Å²) in [6.45, 7) is 4.96. The van der Waals surface area contributed by atoms with Gasteiger partial charge in [-0.3, -0.25) is 9.69 Å². The molecular weight excluding hydrogens is 202 g/mol. The number of nitrogens with zero attached hydrogens (tertiary/aromatic N) is 1. The third-order valence-electron chi connectivity index (χ3n) is 2.52. The van der Waals surface area contributed by atoms with Crippen molar-refractivity contribution in [3.05, 3.63) is 29.8 Å². The molecular formula is C12H19N3O. The summed E-state index contributed by atoms with van der Waals surface area (Å²) in [7, 11) is 0. The normalized spacial score (nSPS) is 11.0. The number of carbonyl (C=O) groups is 1. The highest BCUT2D eigenvalue weighted by Gasteiger charge is 2.13. The van der Waals surface area contributed by atoms with Crippen LogP contribution in [0.2, 0.25) is 0 Å². The van der Waals surface area contributed by atoms with Gasteiger partial charge in [-0.1, -0.05) is 18.2 Å². The Morgan fingerprint density at radius 1 is 1.38 bits per heavy atom. The molecule has 0 atom stereocenters. The number of hydrogen-bond donors (Lipinski definition) is 2. The zero-order valence-electron chi connectivity index (χ0n) is 9.81. The zero-order valence-corrected chi connectivity index (χ0v) is 9.81. The molecule has 0 aliphatic carbocycles. The number of rotatable bonds is 5. The highest BCUT2D eigenvalue weighted by molar-refractivity contribution is 5.76. The summed E-state index contributed by atoms with van der Waals surface area (Å²) in [5.41, 5.74) is 12.8. The molecule has 0 bridgehead atoms. The predicted molar refractivity (Wildman–Crippen MR) is 65.6 cm³/mol. The summed E-state index contributed by atoms with van der Waals surface area (Å²) in [4.78, 5) is 12.9. The summed E-state index contributed by atoms with van der Waals surface area (Å²) >= 11 is 0. The number of hydrogen-bond acceptors (Lipinski definition) is 3. The van der Waals surface area contributed by atoms with Crippen molar-refractivity contribution in [1.82, 2.24) is 4.90 Å². The van der Waals surface area contributed by atoms with Gasteiger partial charge in [0.05, 0.1) is 6.54 Å². The van der Waals surface area contributed by atoms with Crippen LogP contribution in [0.4, 0.5) is 5.69 Å². The molecule has 0 aliphatic heterocycles. The van der Waals surface area contributed by atoms with Crippen LogP contribution in [0, 0.1) is 0 Å². The van der Waals surface area contributed by atoms with Crippen LogP contribution in [0.3, 0.4) is 0 Å². The molecule has 4 nitrogen and oxygen atoms in total. The van der Waals surface area contributed by atoms with Crippen LogP contribution in [0.15, 0.2) is 24.3 Å². The Kier molecular flexibility index (Phi) is 4.31. The number of primary amides is 1. The lowest BCUT2D eigenvalue weighted by atomic mass is 10.1. The van der Waals surface area contributed by atoms with Gasteiger partial charge in [0.25, 0.3) is 0 Å². The number of benzene rings is 1. The molecule has 4 N–H and O–H groups in total. The molecule has 1 amide bonds. The lowest BCUT2D eigenvalue weighted by molar-refractivity contribution is -0.119. The van der Waals surface area contributed by atoms with Crippen molar-refractivity contribution < 1.29 is 4.79 Å². The molecule has 0 aliphatic rings. The molecule has 1 rings (SSSR count). The quantitative estimate of drug-likeness (QED) is 0.727. The lowest BCUT2D eigenvalue weighted by Crippen LogP contribution is -2.38. The Morgan fingerprint density at radius 2 is 2.00 bits per heavy atom. The van der Waals surface area contributed by atoms with E-state index in [9.17, 15) is 4.79 Å². The van der Waals surface area contributed by atoms with Crippen LogP contribution in [-0.2, 0) is 11.3 Å². The van der Waals surface area contributed by atoms with Gasteiger partial charge in [0.1, 0.15) is 0 Å². The Hall–Kier alpha value is -1.55. The molecule has 0 aromatic heterocycles. The van der Waals surface area contributed by atoms with Crippen LogP contribution in [0.25, 0.3) is 0 Å². The maximum atomic E-state index is 10.9. The van der Waals surface area contributed by atoms with E-state index < -0.39 is 0 Å². The van der Waals surface area contributed by atoms with Gasteiger partial charge in [-0.15, -0.1) is 0 Å². The first kappa shape index (κ1) is 12.5. The zero-order chi connectivity index (χ0) is 12.1. The minimum atomic E-state index is -0.316. The van der Waals surface area contributed by atoms with E-state index in [1.165, 1.54) is 0 Å². The maximum absolute atomic E-state index is 10.9. The summed E-state index contributed by atoms with van der Waals surface area (Å²) in [5.74, 6) is -0.316. The highest BCUT2D eigenvalue weighted by Crippen LogP contribution is 2.14. The van der Waals surface area contributed by atoms with Crippen molar-refractivity contribution in [3.8, 4) is 0 Å². The number of amides is 1. The first-order valence-electron chi connectivity index (χ1n) is 5.36. The fraction of sp³-hybridized carbons (Fsp3) is 0.417. The average Bonchev–Trinajstić information content (AvgIpc) is 2.19. The molecule has 0 radical (unpaired) electrons. The Bertz CT molecular complexity index is 363. The largest absolute Gasteiger partial charge is 0.398 e. The molecule has 0 saturated heterocycles. The monoisotopic (exact) mass is 221 g/mol. The number of nitrogen functional groups attached to an aromatic ring is 1. The van der Waals surface area contributed by atoms with E-state index in [-0.39, 0.29) is 18.5 Å². The molecule has 0 unspecified atom stereocenters. The third-order valence-corrected chi connectivity index (χ3v) is 2.52. The number of anilines is 1. The fourth-order valence-corrected chi connectivity index (χ4v) is 1.52. The summed E-state index contributed by atoms with van der Waals surface area (Å²) < 4.78 is 0. The molecule has 0 heterocycles. The van der Waals surface area contributed by atoms with Crippen molar-refractivity contribution in [2.24, 2.45) is 5.73 Å². The highest BCUT2D eigenvalue weighted by atomic mass is 16.1. The standard InChI is InChI=1S/C12H19N3O/c1-9(2)15(8-12(14)16)7-10-5-3-4-6-11(10)13/h3-6,9H,7-8,13H2,1-2H3,(H2,14,16). The maximum Gasteiger partial charge on any atom is 0.231 e. The van der Waals surface area contributed by atoms with Crippen molar-refractivity contribution >= 4 is 11.6 Å². The number of nitrogens with two attached hydrogens (primary N) is 2. The van der Waals surface area contributed by atoms with E-state index in [1.807, 2.05) is 43.0 Å². The van der Waals surface area contributed by atoms with E-state index in [1.54, 1.807) is 0 Å². The molecule has 1 aromatic carbocycles. The first-order valence-corrected chi connectivity index (χ1v) is 5.36. The Labute approximate surface area is 96.2 Å². The van der Waals surface area contributed by atoms with Gasteiger partial charge in [0.2, 0.25) is 5.91 Å². The van der Waals surface area contributed by atoms with Gasteiger partial charge in [-0.25, -0.2) is 0 Å². The molecule has 0 fully saturated rings. The van der Waals surface area contributed by atoms with Crippen molar-refractivity contribution in [3.63, 3.8) is 0 Å². The van der Waals surface area contributed by atoms with Gasteiger partial charge < -0.3 is 11.5 Å². The average molecular weight is 221 g/mol. The van der Waals surface area contributed by atoms with Crippen molar-refractivity contribution in [1.29, 1.82) is 0 Å². The summed E-state index contributed by atoms with van der Waals surface area (Å²) in [6.07, 6.45) is 0. The fourth-order valence-electron chi connectivity index (χ4n) is 1.52. The van der Waals surface area contributed by atoms with Gasteiger partial charge >= 0.3 is 0 Å².